The molecule has 0 fully saturated rings. The summed E-state index contributed by atoms with van der Waals surface area (Å²) in [6.45, 7) is 0.662. The van der Waals surface area contributed by atoms with Gasteiger partial charge in [0.05, 0.1) is 11.7 Å². The monoisotopic (exact) mass is 256 g/mol. The summed E-state index contributed by atoms with van der Waals surface area (Å²) in [5.41, 5.74) is 8.93. The number of rotatable bonds is 3. The average molecular weight is 256 g/mol. The highest BCUT2D eigenvalue weighted by Gasteiger charge is 2.09. The first-order valence-corrected chi connectivity index (χ1v) is 6.37. The number of aryl methyl sites for hydroxylation is 2. The fourth-order valence-electron chi connectivity index (χ4n) is 2.42. The molecule has 5 nitrogen and oxygen atoms in total. The molecule has 19 heavy (non-hydrogen) atoms. The Kier molecular flexibility index (Phi) is 2.83. The molecule has 5 heteroatoms. The van der Waals surface area contributed by atoms with E-state index < -0.39 is 0 Å². The van der Waals surface area contributed by atoms with Crippen LogP contribution < -0.4 is 11.2 Å². The molecule has 0 bridgehead atoms. The van der Waals surface area contributed by atoms with Gasteiger partial charge in [0.25, 0.3) is 0 Å². The molecule has 2 aromatic heterocycles. The fraction of sp³-hybridized carbons (Fsp3) is 0.286. The van der Waals surface area contributed by atoms with Crippen LogP contribution in [-0.2, 0) is 13.5 Å². The van der Waals surface area contributed by atoms with Gasteiger partial charge in [0.1, 0.15) is 5.52 Å². The summed E-state index contributed by atoms with van der Waals surface area (Å²) in [7, 11) is 1.78. The normalized spacial score (nSPS) is 11.5. The number of H-pyrrole nitrogens is 1. The van der Waals surface area contributed by atoms with Gasteiger partial charge >= 0.3 is 0 Å². The molecule has 1 aromatic carbocycles. The van der Waals surface area contributed by atoms with Crippen molar-refractivity contribution < 1.29 is 0 Å². The lowest BCUT2D eigenvalue weighted by Gasteiger charge is -2.04. The van der Waals surface area contributed by atoms with Crippen LogP contribution in [0.1, 0.15) is 12.0 Å². The van der Waals surface area contributed by atoms with Crippen LogP contribution in [0.3, 0.4) is 0 Å². The van der Waals surface area contributed by atoms with Crippen LogP contribution in [0.25, 0.3) is 21.9 Å². The van der Waals surface area contributed by atoms with Gasteiger partial charge in [-0.25, -0.2) is 0 Å². The molecule has 0 unspecified atom stereocenters. The maximum Gasteiger partial charge on any atom is 0.215 e. The number of benzene rings is 1. The van der Waals surface area contributed by atoms with E-state index in [1.807, 2.05) is 18.2 Å². The fourth-order valence-corrected chi connectivity index (χ4v) is 2.42. The zero-order chi connectivity index (χ0) is 13.4. The molecule has 0 atom stereocenters. The van der Waals surface area contributed by atoms with Gasteiger partial charge < -0.3 is 10.7 Å². The summed E-state index contributed by atoms with van der Waals surface area (Å²) in [4.78, 5) is 15.7. The van der Waals surface area contributed by atoms with Crippen LogP contribution in [0.4, 0.5) is 0 Å². The molecular weight excluding hydrogens is 240 g/mol. The molecule has 3 rings (SSSR count). The van der Waals surface area contributed by atoms with Crippen LogP contribution in [0.2, 0.25) is 0 Å². The maximum absolute atomic E-state index is 12.5. The van der Waals surface area contributed by atoms with Gasteiger partial charge in [-0.1, -0.05) is 6.07 Å². The van der Waals surface area contributed by atoms with E-state index in [4.69, 9.17) is 5.73 Å². The molecule has 0 aliphatic heterocycles. The number of nitrogens with two attached hydrogens (primary N) is 1. The van der Waals surface area contributed by atoms with Crippen molar-refractivity contribution in [2.75, 3.05) is 6.54 Å². The second kappa shape index (κ2) is 4.51. The van der Waals surface area contributed by atoms with Crippen molar-refractivity contribution in [1.29, 1.82) is 0 Å². The van der Waals surface area contributed by atoms with Crippen molar-refractivity contribution in [1.82, 2.24) is 14.8 Å². The second-order valence-electron chi connectivity index (χ2n) is 4.76. The van der Waals surface area contributed by atoms with Crippen molar-refractivity contribution >= 4 is 21.9 Å². The second-order valence-corrected chi connectivity index (χ2v) is 4.76. The Balaban J connectivity index is 2.26. The largest absolute Gasteiger partial charge is 0.352 e. The van der Waals surface area contributed by atoms with E-state index in [0.29, 0.717) is 17.4 Å². The van der Waals surface area contributed by atoms with Gasteiger partial charge in [0.15, 0.2) is 0 Å². The third-order valence-corrected chi connectivity index (χ3v) is 3.42. The minimum Gasteiger partial charge on any atom is -0.352 e. The number of nitrogens with one attached hydrogen (secondary N) is 1. The zero-order valence-electron chi connectivity index (χ0n) is 10.8. The van der Waals surface area contributed by atoms with Crippen molar-refractivity contribution in [2.45, 2.75) is 12.8 Å². The quantitative estimate of drug-likeness (QED) is 0.741. The summed E-state index contributed by atoms with van der Waals surface area (Å²) in [6, 6.07) is 5.95. The molecule has 3 aromatic rings. The highest BCUT2D eigenvalue weighted by atomic mass is 16.1. The standard InChI is InChI=1S/C14H16N4O/c1-18-13-12(8-16-18)17-11-5-4-9(3-2-6-15)7-10(11)14(13)19/h4-5,7-8H,2-3,6,15H2,1H3,(H,17,19). The number of hydrogen-bond donors (Lipinski definition) is 2. The molecule has 0 saturated heterocycles. The van der Waals surface area contributed by atoms with Crippen molar-refractivity contribution in [3.8, 4) is 0 Å². The summed E-state index contributed by atoms with van der Waals surface area (Å²) < 4.78 is 1.61. The van der Waals surface area contributed by atoms with E-state index in [2.05, 4.69) is 10.1 Å². The van der Waals surface area contributed by atoms with Gasteiger partial charge in [-0.15, -0.1) is 0 Å². The van der Waals surface area contributed by atoms with Gasteiger partial charge in [0, 0.05) is 18.0 Å². The molecule has 2 heterocycles. The Labute approximate surface area is 110 Å². The summed E-state index contributed by atoms with van der Waals surface area (Å²) in [6.07, 6.45) is 3.51. The number of fused-ring (bicyclic) bond motifs is 2. The SMILES string of the molecule is Cn1ncc2[nH]c3ccc(CCCN)cc3c(=O)c21. The smallest absolute Gasteiger partial charge is 0.215 e. The molecule has 0 aliphatic rings. The van der Waals surface area contributed by atoms with E-state index in [0.717, 1.165) is 29.4 Å². The van der Waals surface area contributed by atoms with Crippen LogP contribution in [0, 0.1) is 0 Å². The topological polar surface area (TPSA) is 76.7 Å². The molecule has 0 aliphatic carbocycles. The maximum atomic E-state index is 12.5. The summed E-state index contributed by atoms with van der Waals surface area (Å²) in [5, 5.41) is 4.83. The zero-order valence-corrected chi connectivity index (χ0v) is 10.8. The molecule has 0 spiro atoms. The summed E-state index contributed by atoms with van der Waals surface area (Å²) in [5.74, 6) is 0. The first-order valence-electron chi connectivity index (χ1n) is 6.37. The lowest BCUT2D eigenvalue weighted by molar-refractivity contribution is 0.795. The lowest BCUT2D eigenvalue weighted by atomic mass is 10.1. The van der Waals surface area contributed by atoms with Gasteiger partial charge in [0.2, 0.25) is 5.43 Å². The molecule has 0 amide bonds. The van der Waals surface area contributed by atoms with E-state index in [1.165, 1.54) is 0 Å². The van der Waals surface area contributed by atoms with Crippen LogP contribution >= 0.6 is 0 Å². The minimum absolute atomic E-state index is 0.0262. The molecule has 0 radical (unpaired) electrons. The Hall–Kier alpha value is -2.14. The Bertz CT molecular complexity index is 800. The number of aromatic amines is 1. The number of pyridine rings is 1. The lowest BCUT2D eigenvalue weighted by Crippen LogP contribution is -2.08. The molecule has 98 valence electrons. The number of aromatic nitrogens is 3. The molecule has 0 saturated carbocycles. The van der Waals surface area contributed by atoms with Crippen LogP contribution in [0.15, 0.2) is 29.2 Å². The van der Waals surface area contributed by atoms with E-state index in [-0.39, 0.29) is 5.43 Å². The predicted octanol–water partition coefficient (Wildman–Crippen LogP) is 1.31. The third kappa shape index (κ3) is 1.92. The van der Waals surface area contributed by atoms with Crippen molar-refractivity contribution in [3.05, 3.63) is 40.2 Å². The van der Waals surface area contributed by atoms with Gasteiger partial charge in [-0.3, -0.25) is 9.48 Å². The Morgan fingerprint density at radius 1 is 1.37 bits per heavy atom. The first-order chi connectivity index (χ1) is 9.20. The third-order valence-electron chi connectivity index (χ3n) is 3.42. The minimum atomic E-state index is 0.0262. The molecule has 3 N–H and O–H groups in total. The van der Waals surface area contributed by atoms with Crippen LogP contribution in [0.5, 0.6) is 0 Å². The predicted molar refractivity (Wildman–Crippen MR) is 76.2 cm³/mol. The average Bonchev–Trinajstić information content (AvgIpc) is 2.78. The van der Waals surface area contributed by atoms with Gasteiger partial charge in [-0.05, 0) is 37.1 Å². The Morgan fingerprint density at radius 3 is 3.00 bits per heavy atom. The van der Waals surface area contributed by atoms with E-state index in [9.17, 15) is 4.79 Å². The van der Waals surface area contributed by atoms with E-state index >= 15 is 0 Å². The highest BCUT2D eigenvalue weighted by molar-refractivity contribution is 5.90. The Morgan fingerprint density at radius 2 is 2.21 bits per heavy atom. The molecular formula is C14H16N4O. The van der Waals surface area contributed by atoms with Crippen molar-refractivity contribution in [3.63, 3.8) is 0 Å². The first kappa shape index (κ1) is 11.9. The summed E-state index contributed by atoms with van der Waals surface area (Å²) >= 11 is 0. The van der Waals surface area contributed by atoms with Gasteiger partial charge in [-0.2, -0.15) is 5.10 Å². The van der Waals surface area contributed by atoms with Crippen LogP contribution in [-0.4, -0.2) is 21.3 Å². The number of nitrogens with zero attached hydrogens (tertiary/aromatic N) is 2. The number of hydrogen-bond acceptors (Lipinski definition) is 3. The highest BCUT2D eigenvalue weighted by Crippen LogP contribution is 2.16. The van der Waals surface area contributed by atoms with Crippen molar-refractivity contribution in [2.24, 2.45) is 12.8 Å². The van der Waals surface area contributed by atoms with E-state index in [1.54, 1.807) is 17.9 Å².